The van der Waals surface area contributed by atoms with Crippen molar-refractivity contribution in [1.82, 2.24) is 10.2 Å². The van der Waals surface area contributed by atoms with Crippen molar-refractivity contribution in [2.45, 2.75) is 94.4 Å². The fourth-order valence-electron chi connectivity index (χ4n) is 9.76. The predicted octanol–water partition coefficient (Wildman–Crippen LogP) is 3.11. The number of ether oxygens (including phenoxy) is 2. The van der Waals surface area contributed by atoms with Gasteiger partial charge in [-0.1, -0.05) is 19.9 Å². The van der Waals surface area contributed by atoms with Gasteiger partial charge in [0.25, 0.3) is 0 Å². The second kappa shape index (κ2) is 8.09. The zero-order valence-corrected chi connectivity index (χ0v) is 22.6. The number of piperidine rings is 1. The molecule has 2 spiro atoms. The van der Waals surface area contributed by atoms with E-state index in [4.69, 9.17) is 15.2 Å². The molecule has 4 bridgehead atoms. The van der Waals surface area contributed by atoms with Gasteiger partial charge in [0.15, 0.2) is 11.5 Å². The number of phenolic OH excluding ortho intramolecular Hbond substituents is 1. The Morgan fingerprint density at radius 1 is 1.30 bits per heavy atom. The van der Waals surface area contributed by atoms with E-state index in [9.17, 15) is 9.90 Å². The molecule has 37 heavy (non-hydrogen) atoms. The molecule has 1 saturated heterocycles. The van der Waals surface area contributed by atoms with Crippen molar-refractivity contribution in [2.24, 2.45) is 28.9 Å². The molecular formula is C30H43N3O4. The van der Waals surface area contributed by atoms with Crippen LogP contribution in [0.4, 0.5) is 0 Å². The lowest BCUT2D eigenvalue weighted by molar-refractivity contribution is -0.276. The lowest BCUT2D eigenvalue weighted by atomic mass is 9.35. The Bertz CT molecular complexity index is 1120. The second-order valence-electron chi connectivity index (χ2n) is 13.5. The summed E-state index contributed by atoms with van der Waals surface area (Å²) in [5.74, 6) is 2.26. The van der Waals surface area contributed by atoms with E-state index in [2.05, 4.69) is 30.1 Å². The van der Waals surface area contributed by atoms with Crippen molar-refractivity contribution >= 4 is 5.91 Å². The Morgan fingerprint density at radius 3 is 2.84 bits per heavy atom. The Labute approximate surface area is 220 Å². The number of methoxy groups -OCH3 is 1. The molecule has 0 aromatic heterocycles. The molecule has 5 fully saturated rings. The van der Waals surface area contributed by atoms with Crippen molar-refractivity contribution in [3.63, 3.8) is 0 Å². The van der Waals surface area contributed by atoms with Crippen molar-refractivity contribution < 1.29 is 19.4 Å². The number of benzene rings is 1. The highest BCUT2D eigenvalue weighted by Crippen LogP contribution is 2.76. The minimum Gasteiger partial charge on any atom is -0.504 e. The SMILES string of the molecule is CO[C@]12CC[C@@]3(C[C@@H]1CNC(=O)[C@@H](N)CC(C)C)[C@H]1Cc4ccc(O)c5c4[C@@]3(CCN1CC1CC1)[C@H]2O5. The molecule has 4 saturated carbocycles. The molecule has 7 aliphatic rings. The normalized spacial score (nSPS) is 39.9. The number of carbonyl (C=O) groups excluding carboxylic acids is 1. The highest BCUT2D eigenvalue weighted by molar-refractivity contribution is 5.81. The second-order valence-corrected chi connectivity index (χ2v) is 13.5. The van der Waals surface area contributed by atoms with Crippen LogP contribution in [0, 0.1) is 23.2 Å². The minimum atomic E-state index is -0.500. The monoisotopic (exact) mass is 509 g/mol. The third-order valence-corrected chi connectivity index (χ3v) is 11.4. The van der Waals surface area contributed by atoms with Crippen LogP contribution < -0.4 is 15.8 Å². The molecule has 7 heteroatoms. The molecule has 1 aromatic carbocycles. The molecule has 2 heterocycles. The predicted molar refractivity (Wildman–Crippen MR) is 141 cm³/mol. The van der Waals surface area contributed by atoms with Crippen molar-refractivity contribution in [3.8, 4) is 11.5 Å². The summed E-state index contributed by atoms with van der Waals surface area (Å²) in [6, 6.07) is 3.96. The summed E-state index contributed by atoms with van der Waals surface area (Å²) in [5.41, 5.74) is 8.30. The number of carbonyl (C=O) groups is 1. The number of rotatable bonds is 8. The lowest BCUT2D eigenvalue weighted by Crippen LogP contribution is -2.81. The van der Waals surface area contributed by atoms with Crippen molar-refractivity contribution in [3.05, 3.63) is 23.3 Å². The molecule has 0 radical (unpaired) electrons. The average Bonchev–Trinajstić information content (AvgIpc) is 3.62. The number of amides is 1. The van der Waals surface area contributed by atoms with Crippen LogP contribution in [0.15, 0.2) is 12.1 Å². The highest BCUT2D eigenvalue weighted by atomic mass is 16.6. The quantitative estimate of drug-likeness (QED) is 0.498. The molecule has 7 atom stereocenters. The molecule has 2 aliphatic heterocycles. The first-order valence-corrected chi connectivity index (χ1v) is 14.6. The van der Waals surface area contributed by atoms with Gasteiger partial charge in [0, 0.05) is 48.6 Å². The molecule has 7 nitrogen and oxygen atoms in total. The summed E-state index contributed by atoms with van der Waals surface area (Å²) in [7, 11) is 1.82. The van der Waals surface area contributed by atoms with Crippen LogP contribution in [0.3, 0.4) is 0 Å². The number of aromatic hydroxyl groups is 1. The van der Waals surface area contributed by atoms with E-state index in [1.165, 1.54) is 30.5 Å². The Morgan fingerprint density at radius 2 is 2.11 bits per heavy atom. The standard InChI is InChI=1S/C30H43N3O4/c1-17(2)12-21(31)26(35)32-15-20-14-28-8-9-30(20,36-3)27-29(28)10-11-33(16-18-4-5-18)23(28)13-19-6-7-22(34)25(37-27)24(19)29/h6-7,17-18,20-21,23,27,34H,4-5,8-16,31H2,1-3H3,(H,32,35)/t20-,21+,23-,27-,28-,29+,30-/m1/s1. The molecule has 5 aliphatic carbocycles. The number of nitrogens with one attached hydrogen (secondary N) is 1. The van der Waals surface area contributed by atoms with E-state index in [0.29, 0.717) is 30.7 Å². The summed E-state index contributed by atoms with van der Waals surface area (Å²) in [6.45, 7) is 7.04. The zero-order valence-electron chi connectivity index (χ0n) is 22.6. The highest BCUT2D eigenvalue weighted by Gasteiger charge is 2.80. The van der Waals surface area contributed by atoms with Gasteiger partial charge >= 0.3 is 0 Å². The van der Waals surface area contributed by atoms with Crippen LogP contribution >= 0.6 is 0 Å². The van der Waals surface area contributed by atoms with Gasteiger partial charge in [-0.3, -0.25) is 9.69 Å². The third kappa shape index (κ3) is 3.08. The lowest BCUT2D eigenvalue weighted by Gasteiger charge is -2.74. The molecule has 0 unspecified atom stereocenters. The van der Waals surface area contributed by atoms with E-state index in [1.807, 2.05) is 13.2 Å². The number of phenols is 1. The van der Waals surface area contributed by atoms with E-state index in [0.717, 1.165) is 44.6 Å². The maximum Gasteiger partial charge on any atom is 0.236 e. The van der Waals surface area contributed by atoms with Crippen LogP contribution in [0.25, 0.3) is 0 Å². The number of nitrogens with two attached hydrogens (primary N) is 1. The number of hydrogen-bond donors (Lipinski definition) is 3. The fraction of sp³-hybridized carbons (Fsp3) is 0.767. The maximum absolute atomic E-state index is 13.0. The van der Waals surface area contributed by atoms with E-state index >= 15 is 0 Å². The fourth-order valence-corrected chi connectivity index (χ4v) is 9.76. The first kappa shape index (κ1) is 24.2. The largest absolute Gasteiger partial charge is 0.504 e. The third-order valence-electron chi connectivity index (χ3n) is 11.4. The van der Waals surface area contributed by atoms with Gasteiger partial charge in [-0.25, -0.2) is 0 Å². The van der Waals surface area contributed by atoms with Gasteiger partial charge in [0.1, 0.15) is 11.7 Å². The van der Waals surface area contributed by atoms with Crippen LogP contribution in [0.2, 0.25) is 0 Å². The number of likely N-dealkylation sites (tertiary alicyclic amines) is 1. The molecule has 202 valence electrons. The average molecular weight is 510 g/mol. The molecule has 1 aromatic rings. The smallest absolute Gasteiger partial charge is 0.236 e. The van der Waals surface area contributed by atoms with Gasteiger partial charge in [-0.2, -0.15) is 0 Å². The molecule has 1 amide bonds. The van der Waals surface area contributed by atoms with Gasteiger partial charge in [0.2, 0.25) is 5.91 Å². The first-order valence-electron chi connectivity index (χ1n) is 14.6. The Balaban J connectivity index is 1.29. The molecule has 8 rings (SSSR count). The van der Waals surface area contributed by atoms with Gasteiger partial charge < -0.3 is 25.6 Å². The Hall–Kier alpha value is -1.83. The Kier molecular flexibility index (Phi) is 5.30. The summed E-state index contributed by atoms with van der Waals surface area (Å²) in [6.07, 6.45) is 8.37. The van der Waals surface area contributed by atoms with Crippen LogP contribution in [0.5, 0.6) is 11.5 Å². The van der Waals surface area contributed by atoms with E-state index < -0.39 is 11.6 Å². The maximum atomic E-state index is 13.0. The summed E-state index contributed by atoms with van der Waals surface area (Å²) < 4.78 is 13.4. The number of fused-ring (bicyclic) bond motifs is 2. The van der Waals surface area contributed by atoms with Gasteiger partial charge in [-0.05, 0) is 81.4 Å². The summed E-state index contributed by atoms with van der Waals surface area (Å²) in [4.78, 5) is 15.8. The number of nitrogens with zero attached hydrogens (tertiary/aromatic N) is 1. The molecular weight excluding hydrogens is 466 g/mol. The zero-order chi connectivity index (χ0) is 25.7. The minimum absolute atomic E-state index is 0.0621. The van der Waals surface area contributed by atoms with Crippen LogP contribution in [-0.2, 0) is 21.4 Å². The van der Waals surface area contributed by atoms with Crippen molar-refractivity contribution in [2.75, 3.05) is 26.7 Å². The number of hydrogen-bond acceptors (Lipinski definition) is 6. The topological polar surface area (TPSA) is 97.0 Å². The van der Waals surface area contributed by atoms with Crippen LogP contribution in [0.1, 0.15) is 69.9 Å². The van der Waals surface area contributed by atoms with Crippen molar-refractivity contribution in [1.29, 1.82) is 0 Å². The van der Waals surface area contributed by atoms with Crippen LogP contribution in [-0.4, -0.2) is 66.4 Å². The van der Waals surface area contributed by atoms with Gasteiger partial charge in [0.05, 0.1) is 6.04 Å². The summed E-state index contributed by atoms with van der Waals surface area (Å²) in [5, 5.41) is 14.2. The van der Waals surface area contributed by atoms with E-state index in [-0.39, 0.29) is 34.5 Å². The first-order chi connectivity index (χ1) is 17.8. The van der Waals surface area contributed by atoms with E-state index in [1.54, 1.807) is 0 Å². The van der Waals surface area contributed by atoms with Gasteiger partial charge in [-0.15, -0.1) is 0 Å². The molecule has 4 N–H and O–H groups in total. The summed E-state index contributed by atoms with van der Waals surface area (Å²) >= 11 is 0.